The summed E-state index contributed by atoms with van der Waals surface area (Å²) in [6.07, 6.45) is 3.40. The average Bonchev–Trinajstić information content (AvgIpc) is 2.69. The molecule has 0 aromatic carbocycles. The van der Waals surface area contributed by atoms with Gasteiger partial charge in [0.25, 0.3) is 0 Å². The first-order valence-corrected chi connectivity index (χ1v) is 7.75. The van der Waals surface area contributed by atoms with E-state index in [0.717, 1.165) is 51.3 Å². The molecule has 0 bridgehead atoms. The number of aromatic nitrogens is 1. The maximum Gasteiger partial charge on any atom is 0.416 e. The smallest absolute Gasteiger partial charge is 0.317 e. The summed E-state index contributed by atoms with van der Waals surface area (Å²) in [5, 5.41) is 3.30. The van der Waals surface area contributed by atoms with Crippen LogP contribution >= 0.6 is 0 Å². The van der Waals surface area contributed by atoms with Gasteiger partial charge in [-0.2, -0.15) is 13.2 Å². The van der Waals surface area contributed by atoms with Gasteiger partial charge >= 0.3 is 6.18 Å². The largest absolute Gasteiger partial charge is 0.416 e. The second-order valence-electron chi connectivity index (χ2n) is 5.77. The number of alkyl halides is 3. The third-order valence-corrected chi connectivity index (χ3v) is 4.37. The Labute approximate surface area is 124 Å². The molecule has 1 aliphatic carbocycles. The Hall–Kier alpha value is -1.10. The normalized spacial score (nSPS) is 23.8. The maximum atomic E-state index is 13.2. The summed E-state index contributed by atoms with van der Waals surface area (Å²) in [7, 11) is 0. The highest BCUT2D eigenvalue weighted by molar-refractivity contribution is 5.30. The van der Waals surface area contributed by atoms with E-state index in [1.807, 2.05) is 6.92 Å². The summed E-state index contributed by atoms with van der Waals surface area (Å²) in [5.41, 5.74) is -0.124. The number of pyridine rings is 1. The van der Waals surface area contributed by atoms with Gasteiger partial charge in [-0.1, -0.05) is 26.2 Å². The topological polar surface area (TPSA) is 24.9 Å². The zero-order chi connectivity index (χ0) is 15.3. The van der Waals surface area contributed by atoms with Gasteiger partial charge in [-0.05, 0) is 49.4 Å². The van der Waals surface area contributed by atoms with Crippen LogP contribution in [0.3, 0.4) is 0 Å². The van der Waals surface area contributed by atoms with E-state index in [9.17, 15) is 13.2 Å². The van der Waals surface area contributed by atoms with Crippen molar-refractivity contribution in [2.45, 2.75) is 51.1 Å². The molecule has 0 amide bonds. The summed E-state index contributed by atoms with van der Waals surface area (Å²) in [4.78, 5) is 3.96. The van der Waals surface area contributed by atoms with Gasteiger partial charge in [0.15, 0.2) is 0 Å². The Morgan fingerprint density at radius 2 is 2.00 bits per heavy atom. The van der Waals surface area contributed by atoms with Gasteiger partial charge in [0.2, 0.25) is 0 Å². The first-order chi connectivity index (χ1) is 10.0. The SMILES string of the molecule is CCNCC1CCCCCC1c1cnccc1C(F)(F)F. The number of hydrogen-bond acceptors (Lipinski definition) is 2. The van der Waals surface area contributed by atoms with Crippen LogP contribution in [0.2, 0.25) is 0 Å². The highest BCUT2D eigenvalue weighted by Gasteiger charge is 2.37. The minimum atomic E-state index is -4.30. The van der Waals surface area contributed by atoms with Crippen molar-refractivity contribution in [3.63, 3.8) is 0 Å². The molecule has 2 rings (SSSR count). The van der Waals surface area contributed by atoms with Crippen molar-refractivity contribution in [1.29, 1.82) is 0 Å². The molecule has 1 N–H and O–H groups in total. The number of nitrogens with zero attached hydrogens (tertiary/aromatic N) is 1. The van der Waals surface area contributed by atoms with E-state index in [1.54, 1.807) is 0 Å². The van der Waals surface area contributed by atoms with Crippen molar-refractivity contribution in [2.75, 3.05) is 13.1 Å². The Bertz CT molecular complexity index is 445. The third-order valence-electron chi connectivity index (χ3n) is 4.37. The van der Waals surface area contributed by atoms with Crippen LogP contribution in [0.5, 0.6) is 0 Å². The highest BCUT2D eigenvalue weighted by Crippen LogP contribution is 2.42. The van der Waals surface area contributed by atoms with Gasteiger partial charge in [0.05, 0.1) is 5.56 Å². The van der Waals surface area contributed by atoms with E-state index in [2.05, 4.69) is 10.3 Å². The number of rotatable bonds is 4. The van der Waals surface area contributed by atoms with Gasteiger partial charge in [0, 0.05) is 12.4 Å². The average molecular weight is 300 g/mol. The molecule has 1 fully saturated rings. The van der Waals surface area contributed by atoms with Crippen LogP contribution in [-0.2, 0) is 6.18 Å². The van der Waals surface area contributed by atoms with Gasteiger partial charge in [-0.25, -0.2) is 0 Å². The molecule has 1 aromatic heterocycles. The van der Waals surface area contributed by atoms with Crippen LogP contribution in [-0.4, -0.2) is 18.1 Å². The summed E-state index contributed by atoms with van der Waals surface area (Å²) < 4.78 is 39.7. The lowest BCUT2D eigenvalue weighted by Crippen LogP contribution is -2.28. The summed E-state index contributed by atoms with van der Waals surface area (Å²) >= 11 is 0. The molecule has 1 aliphatic rings. The molecule has 5 heteroatoms. The fourth-order valence-corrected chi connectivity index (χ4v) is 3.33. The standard InChI is InChI=1S/C16H23F3N2/c1-2-20-10-12-6-4-3-5-7-13(12)14-11-21-9-8-15(14)16(17,18)19/h8-9,11-13,20H,2-7,10H2,1H3. The van der Waals surface area contributed by atoms with E-state index in [1.165, 1.54) is 12.4 Å². The summed E-state index contributed by atoms with van der Waals surface area (Å²) in [6, 6.07) is 1.12. The Morgan fingerprint density at radius 3 is 2.71 bits per heavy atom. The molecule has 0 saturated heterocycles. The van der Waals surface area contributed by atoms with Crippen LogP contribution in [0.4, 0.5) is 13.2 Å². The minimum Gasteiger partial charge on any atom is -0.317 e. The molecule has 0 spiro atoms. The summed E-state index contributed by atoms with van der Waals surface area (Å²) in [6.45, 7) is 3.66. The van der Waals surface area contributed by atoms with Crippen LogP contribution in [0.15, 0.2) is 18.5 Å². The molecule has 0 radical (unpaired) electrons. The van der Waals surface area contributed by atoms with E-state index >= 15 is 0 Å². The maximum absolute atomic E-state index is 13.2. The molecule has 1 saturated carbocycles. The molecule has 2 unspecified atom stereocenters. The van der Waals surface area contributed by atoms with Gasteiger partial charge in [0.1, 0.15) is 0 Å². The first-order valence-electron chi connectivity index (χ1n) is 7.75. The zero-order valence-corrected chi connectivity index (χ0v) is 12.4. The molecule has 2 nitrogen and oxygen atoms in total. The third kappa shape index (κ3) is 4.19. The lowest BCUT2D eigenvalue weighted by atomic mass is 9.81. The van der Waals surface area contributed by atoms with Crippen LogP contribution in [0.25, 0.3) is 0 Å². The van der Waals surface area contributed by atoms with Crippen molar-refractivity contribution in [3.05, 3.63) is 29.6 Å². The molecular formula is C16H23F3N2. The van der Waals surface area contributed by atoms with Crippen LogP contribution < -0.4 is 5.32 Å². The number of nitrogens with one attached hydrogen (secondary N) is 1. The van der Waals surface area contributed by atoms with E-state index < -0.39 is 11.7 Å². The molecule has 1 heterocycles. The molecule has 2 atom stereocenters. The predicted molar refractivity (Wildman–Crippen MR) is 77.1 cm³/mol. The molecule has 21 heavy (non-hydrogen) atoms. The molecule has 1 aromatic rings. The quantitative estimate of drug-likeness (QED) is 0.835. The van der Waals surface area contributed by atoms with Crippen LogP contribution in [0.1, 0.15) is 56.1 Å². The fourth-order valence-electron chi connectivity index (χ4n) is 3.33. The van der Waals surface area contributed by atoms with E-state index in [4.69, 9.17) is 0 Å². The van der Waals surface area contributed by atoms with E-state index in [0.29, 0.717) is 5.56 Å². The Balaban J connectivity index is 2.31. The Kier molecular flexibility index (Phi) is 5.62. The second-order valence-corrected chi connectivity index (χ2v) is 5.77. The molecular weight excluding hydrogens is 277 g/mol. The first kappa shape index (κ1) is 16.3. The van der Waals surface area contributed by atoms with Crippen molar-refractivity contribution in [2.24, 2.45) is 5.92 Å². The van der Waals surface area contributed by atoms with Crippen molar-refractivity contribution in [3.8, 4) is 0 Å². The zero-order valence-electron chi connectivity index (χ0n) is 12.4. The van der Waals surface area contributed by atoms with Crippen LogP contribution in [0, 0.1) is 5.92 Å². The number of hydrogen-bond donors (Lipinski definition) is 1. The lowest BCUT2D eigenvalue weighted by Gasteiger charge is -2.28. The lowest BCUT2D eigenvalue weighted by molar-refractivity contribution is -0.138. The number of halogens is 3. The van der Waals surface area contributed by atoms with E-state index in [-0.39, 0.29) is 11.8 Å². The van der Waals surface area contributed by atoms with Gasteiger partial charge in [-0.3, -0.25) is 4.98 Å². The predicted octanol–water partition coefficient (Wildman–Crippen LogP) is 4.37. The van der Waals surface area contributed by atoms with Crippen molar-refractivity contribution < 1.29 is 13.2 Å². The Morgan fingerprint density at radius 1 is 1.24 bits per heavy atom. The van der Waals surface area contributed by atoms with Crippen molar-refractivity contribution >= 4 is 0 Å². The highest BCUT2D eigenvalue weighted by atomic mass is 19.4. The fraction of sp³-hybridized carbons (Fsp3) is 0.688. The minimum absolute atomic E-state index is 0.0446. The molecule has 118 valence electrons. The molecule has 0 aliphatic heterocycles. The summed E-state index contributed by atoms with van der Waals surface area (Å²) in [5.74, 6) is 0.217. The second kappa shape index (κ2) is 7.25. The monoisotopic (exact) mass is 300 g/mol. The van der Waals surface area contributed by atoms with Gasteiger partial charge < -0.3 is 5.32 Å². The van der Waals surface area contributed by atoms with Crippen molar-refractivity contribution in [1.82, 2.24) is 10.3 Å². The van der Waals surface area contributed by atoms with Gasteiger partial charge in [-0.15, -0.1) is 0 Å².